The summed E-state index contributed by atoms with van der Waals surface area (Å²) in [5, 5.41) is 0. The molecule has 2 aromatic rings. The minimum absolute atomic E-state index is 0.175. The second-order valence-electron chi connectivity index (χ2n) is 8.85. The molecule has 0 radical (unpaired) electrons. The summed E-state index contributed by atoms with van der Waals surface area (Å²) in [6.45, 7) is 6.32. The van der Waals surface area contributed by atoms with Gasteiger partial charge < -0.3 is 18.8 Å². The molecule has 1 aromatic carbocycles. The second kappa shape index (κ2) is 7.63. The molecule has 1 unspecified atom stereocenters. The van der Waals surface area contributed by atoms with E-state index < -0.39 is 5.60 Å². The van der Waals surface area contributed by atoms with Crippen LogP contribution in [0.15, 0.2) is 47.3 Å². The third-order valence-corrected chi connectivity index (χ3v) is 5.62. The van der Waals surface area contributed by atoms with E-state index in [1.165, 1.54) is 0 Å². The van der Waals surface area contributed by atoms with E-state index in [9.17, 15) is 4.79 Å². The molecule has 3 heterocycles. The lowest BCUT2D eigenvalue weighted by atomic mass is 9.99. The maximum absolute atomic E-state index is 12.6. The van der Waals surface area contributed by atoms with Crippen LogP contribution in [0.2, 0.25) is 0 Å². The second-order valence-corrected chi connectivity index (χ2v) is 8.85. The summed E-state index contributed by atoms with van der Waals surface area (Å²) in [7, 11) is 0. The molecule has 0 N–H and O–H groups in total. The molecule has 3 atom stereocenters. The molecule has 5 heteroatoms. The SMILES string of the molecule is CC(C)(C)OC(=O)N1[C@@H]2CC[C@H]1CC(OCc1ccccc1-c1ccoc1)C2. The number of furan rings is 1. The summed E-state index contributed by atoms with van der Waals surface area (Å²) >= 11 is 0. The van der Waals surface area contributed by atoms with Crippen LogP contribution in [0.1, 0.15) is 52.0 Å². The van der Waals surface area contributed by atoms with Crippen molar-refractivity contribution in [2.24, 2.45) is 0 Å². The summed E-state index contributed by atoms with van der Waals surface area (Å²) in [6, 6.07) is 10.7. The number of hydrogen-bond acceptors (Lipinski definition) is 4. The molecule has 2 bridgehead atoms. The monoisotopic (exact) mass is 383 g/mol. The Balaban J connectivity index is 1.38. The molecule has 1 aromatic heterocycles. The van der Waals surface area contributed by atoms with Gasteiger partial charge in [0.2, 0.25) is 0 Å². The molecule has 2 aliphatic rings. The van der Waals surface area contributed by atoms with Crippen molar-refractivity contribution in [1.82, 2.24) is 4.90 Å². The summed E-state index contributed by atoms with van der Waals surface area (Å²) < 4.78 is 17.2. The van der Waals surface area contributed by atoms with Crippen molar-refractivity contribution in [2.45, 2.75) is 76.9 Å². The fraction of sp³-hybridized carbons (Fsp3) is 0.522. The van der Waals surface area contributed by atoms with Crippen LogP contribution in [0.25, 0.3) is 11.1 Å². The summed E-state index contributed by atoms with van der Waals surface area (Å²) in [5.74, 6) is 0. The molecule has 150 valence electrons. The normalized spacial score (nSPS) is 24.4. The molecular weight excluding hydrogens is 354 g/mol. The third kappa shape index (κ3) is 4.09. The molecular formula is C23H29NO4. The zero-order chi connectivity index (χ0) is 19.7. The van der Waals surface area contributed by atoms with Crippen molar-refractivity contribution >= 4 is 6.09 Å². The highest BCUT2D eigenvalue weighted by Gasteiger charge is 2.45. The molecule has 1 amide bonds. The van der Waals surface area contributed by atoms with E-state index in [1.54, 1.807) is 12.5 Å². The molecule has 0 aliphatic carbocycles. The predicted molar refractivity (Wildman–Crippen MR) is 107 cm³/mol. The molecule has 5 nitrogen and oxygen atoms in total. The number of carbonyl (C=O) groups is 1. The maximum Gasteiger partial charge on any atom is 0.410 e. The van der Waals surface area contributed by atoms with E-state index in [4.69, 9.17) is 13.9 Å². The van der Waals surface area contributed by atoms with E-state index in [-0.39, 0.29) is 24.3 Å². The van der Waals surface area contributed by atoms with Gasteiger partial charge in [-0.05, 0) is 63.6 Å². The lowest BCUT2D eigenvalue weighted by molar-refractivity contribution is -0.0395. The van der Waals surface area contributed by atoms with Gasteiger partial charge in [-0.1, -0.05) is 24.3 Å². The topological polar surface area (TPSA) is 51.9 Å². The largest absolute Gasteiger partial charge is 0.472 e. The first-order valence-corrected chi connectivity index (χ1v) is 10.1. The van der Waals surface area contributed by atoms with Gasteiger partial charge in [0.15, 0.2) is 0 Å². The number of nitrogens with zero attached hydrogens (tertiary/aromatic N) is 1. The van der Waals surface area contributed by atoms with Crippen molar-refractivity contribution in [1.29, 1.82) is 0 Å². The standard InChI is InChI=1S/C23H29NO4/c1-23(2,3)28-22(25)24-18-8-9-19(24)13-20(12-18)27-15-16-6-4-5-7-21(16)17-10-11-26-14-17/h4-7,10-11,14,18-20H,8-9,12-13,15H2,1-3H3/t18-,19+,20?. The number of fused-ring (bicyclic) bond motifs is 2. The molecule has 4 rings (SSSR count). The Morgan fingerprint density at radius 2 is 1.86 bits per heavy atom. The zero-order valence-electron chi connectivity index (χ0n) is 16.9. The minimum Gasteiger partial charge on any atom is -0.472 e. The van der Waals surface area contributed by atoms with E-state index in [0.717, 1.165) is 42.4 Å². The average molecular weight is 383 g/mol. The van der Waals surface area contributed by atoms with E-state index in [0.29, 0.717) is 6.61 Å². The Bertz CT molecular complexity index is 794. The number of carbonyl (C=O) groups excluding carboxylic acids is 1. The van der Waals surface area contributed by atoms with Crippen LogP contribution in [0.4, 0.5) is 4.79 Å². The summed E-state index contributed by atoms with van der Waals surface area (Å²) in [5.41, 5.74) is 2.91. The number of benzene rings is 1. The van der Waals surface area contributed by atoms with Crippen LogP contribution < -0.4 is 0 Å². The minimum atomic E-state index is -0.458. The van der Waals surface area contributed by atoms with Gasteiger partial charge in [0.25, 0.3) is 0 Å². The first-order chi connectivity index (χ1) is 13.4. The Kier molecular flexibility index (Phi) is 5.19. The van der Waals surface area contributed by atoms with Gasteiger partial charge in [0.1, 0.15) is 5.60 Å². The van der Waals surface area contributed by atoms with Gasteiger partial charge in [-0.15, -0.1) is 0 Å². The van der Waals surface area contributed by atoms with Crippen molar-refractivity contribution in [3.63, 3.8) is 0 Å². The number of amides is 1. The van der Waals surface area contributed by atoms with Gasteiger partial charge in [-0.3, -0.25) is 0 Å². The number of ether oxygens (including phenoxy) is 2. The van der Waals surface area contributed by atoms with Crippen LogP contribution in [0, 0.1) is 0 Å². The predicted octanol–water partition coefficient (Wildman–Crippen LogP) is 5.39. The average Bonchev–Trinajstić information content (AvgIpc) is 3.26. The lowest BCUT2D eigenvalue weighted by Crippen LogP contribution is -2.50. The first-order valence-electron chi connectivity index (χ1n) is 10.1. The lowest BCUT2D eigenvalue weighted by Gasteiger charge is -2.39. The molecule has 2 fully saturated rings. The fourth-order valence-electron chi connectivity index (χ4n) is 4.43. The van der Waals surface area contributed by atoms with Crippen molar-refractivity contribution in [2.75, 3.05) is 0 Å². The number of rotatable bonds is 4. The quantitative estimate of drug-likeness (QED) is 0.710. The van der Waals surface area contributed by atoms with Gasteiger partial charge in [0, 0.05) is 17.6 Å². The Morgan fingerprint density at radius 1 is 1.14 bits per heavy atom. The molecule has 28 heavy (non-hydrogen) atoms. The van der Waals surface area contributed by atoms with Crippen molar-refractivity contribution < 1.29 is 18.7 Å². The van der Waals surface area contributed by atoms with Gasteiger partial charge in [0.05, 0.1) is 25.2 Å². The summed E-state index contributed by atoms with van der Waals surface area (Å²) in [6.07, 6.45) is 7.28. The van der Waals surface area contributed by atoms with E-state index in [2.05, 4.69) is 12.1 Å². The highest BCUT2D eigenvalue weighted by molar-refractivity contribution is 5.69. The molecule has 0 spiro atoms. The fourth-order valence-corrected chi connectivity index (χ4v) is 4.43. The van der Waals surface area contributed by atoms with Crippen LogP contribution in [0.5, 0.6) is 0 Å². The van der Waals surface area contributed by atoms with Gasteiger partial charge in [-0.25, -0.2) is 4.79 Å². The van der Waals surface area contributed by atoms with E-state index in [1.807, 2.05) is 43.9 Å². The van der Waals surface area contributed by atoms with Crippen LogP contribution >= 0.6 is 0 Å². The van der Waals surface area contributed by atoms with Crippen LogP contribution in [0.3, 0.4) is 0 Å². The van der Waals surface area contributed by atoms with Crippen molar-refractivity contribution in [3.05, 3.63) is 48.4 Å². The zero-order valence-corrected chi connectivity index (χ0v) is 16.9. The highest BCUT2D eigenvalue weighted by atomic mass is 16.6. The molecule has 0 saturated carbocycles. The van der Waals surface area contributed by atoms with Crippen LogP contribution in [-0.4, -0.2) is 34.8 Å². The maximum atomic E-state index is 12.6. The first kappa shape index (κ1) is 19.1. The Hall–Kier alpha value is -2.27. The van der Waals surface area contributed by atoms with Crippen molar-refractivity contribution in [3.8, 4) is 11.1 Å². The summed E-state index contributed by atoms with van der Waals surface area (Å²) in [4.78, 5) is 14.6. The highest BCUT2D eigenvalue weighted by Crippen LogP contribution is 2.38. The van der Waals surface area contributed by atoms with Gasteiger partial charge >= 0.3 is 6.09 Å². The van der Waals surface area contributed by atoms with E-state index >= 15 is 0 Å². The molecule has 2 aliphatic heterocycles. The third-order valence-electron chi connectivity index (χ3n) is 5.62. The smallest absolute Gasteiger partial charge is 0.410 e. The number of piperidine rings is 1. The van der Waals surface area contributed by atoms with Gasteiger partial charge in [-0.2, -0.15) is 0 Å². The van der Waals surface area contributed by atoms with Crippen LogP contribution in [-0.2, 0) is 16.1 Å². The Morgan fingerprint density at radius 3 is 2.50 bits per heavy atom. The number of hydrogen-bond donors (Lipinski definition) is 0. The molecule has 2 saturated heterocycles. The Labute approximate surface area is 166 Å².